The number of nitrogens with one attached hydrogen (secondary N) is 2. The summed E-state index contributed by atoms with van der Waals surface area (Å²) in [5, 5.41) is 6.69. The summed E-state index contributed by atoms with van der Waals surface area (Å²) >= 11 is 0. The first kappa shape index (κ1) is 15.7. The third kappa shape index (κ3) is 4.16. The summed E-state index contributed by atoms with van der Waals surface area (Å²) in [5.41, 5.74) is 0. The highest BCUT2D eigenvalue weighted by atomic mass is 32.2. The number of nitrogens with zero attached hydrogens (tertiary/aromatic N) is 1. The maximum absolute atomic E-state index is 12.2. The number of aromatic nitrogens is 1. The van der Waals surface area contributed by atoms with Gasteiger partial charge >= 0.3 is 0 Å². The zero-order chi connectivity index (χ0) is 15.3. The molecule has 2 aromatic heterocycles. The minimum Gasteiger partial charge on any atom is -0.464 e. The Morgan fingerprint density at radius 1 is 1.29 bits per heavy atom. The van der Waals surface area contributed by atoms with Crippen LogP contribution in [0.3, 0.4) is 0 Å². The molecule has 0 aliphatic carbocycles. The van der Waals surface area contributed by atoms with E-state index in [9.17, 15) is 8.42 Å². The van der Waals surface area contributed by atoms with Crippen LogP contribution in [0.4, 0.5) is 0 Å². The van der Waals surface area contributed by atoms with E-state index in [0.717, 1.165) is 13.0 Å². The van der Waals surface area contributed by atoms with Crippen molar-refractivity contribution in [3.8, 4) is 0 Å². The molecule has 0 saturated carbocycles. The lowest BCUT2D eigenvalue weighted by Gasteiger charge is -2.02. The van der Waals surface area contributed by atoms with Gasteiger partial charge in [0, 0.05) is 12.1 Å². The van der Waals surface area contributed by atoms with Gasteiger partial charge in [0.15, 0.2) is 5.76 Å². The van der Waals surface area contributed by atoms with E-state index in [1.54, 1.807) is 19.1 Å². The average Bonchev–Trinajstić information content (AvgIpc) is 3.07. The van der Waals surface area contributed by atoms with Gasteiger partial charge in [-0.2, -0.15) is 0 Å². The number of hydrogen-bond donors (Lipinski definition) is 2. The normalized spacial score (nSPS) is 11.9. The maximum atomic E-state index is 12.2. The quantitative estimate of drug-likeness (QED) is 0.718. The van der Waals surface area contributed by atoms with Crippen molar-refractivity contribution >= 4 is 10.0 Å². The first-order valence-corrected chi connectivity index (χ1v) is 8.20. The van der Waals surface area contributed by atoms with E-state index in [0.29, 0.717) is 23.8 Å². The van der Waals surface area contributed by atoms with Crippen LogP contribution in [-0.4, -0.2) is 20.1 Å². The zero-order valence-corrected chi connectivity index (χ0v) is 12.9. The van der Waals surface area contributed by atoms with Gasteiger partial charge in [0.2, 0.25) is 10.0 Å². The molecule has 116 valence electrons. The van der Waals surface area contributed by atoms with Gasteiger partial charge in [-0.1, -0.05) is 12.1 Å². The second-order valence-electron chi connectivity index (χ2n) is 4.61. The molecule has 0 saturated heterocycles. The van der Waals surface area contributed by atoms with Crippen LogP contribution in [0.2, 0.25) is 0 Å². The Labute approximate surface area is 123 Å². The summed E-state index contributed by atoms with van der Waals surface area (Å²) in [7, 11) is -3.64. The molecule has 2 aromatic rings. The molecule has 0 spiro atoms. The lowest BCUT2D eigenvalue weighted by molar-refractivity contribution is 0.380. The standard InChI is InChI=1S/C13H19N3O4S/c1-3-5-14-8-12-7-13(10(2)19-12)21(17,18)16-9-11-4-6-15-20-11/h4,6-7,14,16H,3,5,8-9H2,1-2H3. The third-order valence-corrected chi connectivity index (χ3v) is 4.38. The van der Waals surface area contributed by atoms with E-state index in [-0.39, 0.29) is 11.4 Å². The van der Waals surface area contributed by atoms with Crippen LogP contribution < -0.4 is 10.0 Å². The molecule has 0 radical (unpaired) electrons. The third-order valence-electron chi connectivity index (χ3n) is 2.87. The predicted octanol–water partition coefficient (Wildman–Crippen LogP) is 1.55. The van der Waals surface area contributed by atoms with Crippen molar-refractivity contribution in [1.82, 2.24) is 15.2 Å². The van der Waals surface area contributed by atoms with Crippen LogP contribution in [0.25, 0.3) is 0 Å². The molecule has 8 heteroatoms. The Morgan fingerprint density at radius 2 is 2.10 bits per heavy atom. The van der Waals surface area contributed by atoms with E-state index in [1.807, 2.05) is 0 Å². The van der Waals surface area contributed by atoms with Crippen LogP contribution in [0, 0.1) is 6.92 Å². The monoisotopic (exact) mass is 313 g/mol. The molecular weight excluding hydrogens is 294 g/mol. The van der Waals surface area contributed by atoms with Gasteiger partial charge in [-0.25, -0.2) is 13.1 Å². The van der Waals surface area contributed by atoms with Crippen molar-refractivity contribution in [2.75, 3.05) is 6.54 Å². The molecule has 2 N–H and O–H groups in total. The van der Waals surface area contributed by atoms with Crippen molar-refractivity contribution in [2.24, 2.45) is 0 Å². The number of aryl methyl sites for hydroxylation is 1. The Bertz CT molecular complexity index is 662. The summed E-state index contributed by atoms with van der Waals surface area (Å²) in [4.78, 5) is 0.148. The SMILES string of the molecule is CCCNCc1cc(S(=O)(=O)NCc2ccno2)c(C)o1. The smallest absolute Gasteiger partial charge is 0.244 e. The van der Waals surface area contributed by atoms with Crippen molar-refractivity contribution in [3.63, 3.8) is 0 Å². The predicted molar refractivity (Wildman–Crippen MR) is 76.0 cm³/mol. The van der Waals surface area contributed by atoms with E-state index >= 15 is 0 Å². The van der Waals surface area contributed by atoms with Crippen LogP contribution in [0.1, 0.15) is 30.6 Å². The topological polar surface area (TPSA) is 97.4 Å². The summed E-state index contributed by atoms with van der Waals surface area (Å²) in [6, 6.07) is 3.14. The van der Waals surface area contributed by atoms with Crippen molar-refractivity contribution < 1.29 is 17.4 Å². The van der Waals surface area contributed by atoms with Gasteiger partial charge in [0.05, 0.1) is 19.3 Å². The van der Waals surface area contributed by atoms with E-state index < -0.39 is 10.0 Å². The van der Waals surface area contributed by atoms with Gasteiger partial charge in [0.25, 0.3) is 0 Å². The second-order valence-corrected chi connectivity index (χ2v) is 6.35. The highest BCUT2D eigenvalue weighted by Crippen LogP contribution is 2.20. The average molecular weight is 313 g/mol. The highest BCUT2D eigenvalue weighted by Gasteiger charge is 2.21. The summed E-state index contributed by atoms with van der Waals surface area (Å²) in [6.07, 6.45) is 2.47. The van der Waals surface area contributed by atoms with E-state index in [4.69, 9.17) is 8.94 Å². The fraction of sp³-hybridized carbons (Fsp3) is 0.462. The Hall–Kier alpha value is -1.64. The molecule has 0 amide bonds. The van der Waals surface area contributed by atoms with Crippen LogP contribution in [-0.2, 0) is 23.1 Å². The second kappa shape index (κ2) is 6.88. The van der Waals surface area contributed by atoms with Crippen molar-refractivity contribution in [3.05, 3.63) is 35.6 Å². The first-order chi connectivity index (χ1) is 10.0. The van der Waals surface area contributed by atoms with Crippen LogP contribution in [0.5, 0.6) is 0 Å². The minimum atomic E-state index is -3.64. The van der Waals surface area contributed by atoms with Gasteiger partial charge in [0.1, 0.15) is 16.4 Å². The molecule has 0 aliphatic heterocycles. The molecule has 0 aliphatic rings. The van der Waals surface area contributed by atoms with Gasteiger partial charge in [-0.05, 0) is 19.9 Å². The van der Waals surface area contributed by atoms with Crippen molar-refractivity contribution in [1.29, 1.82) is 0 Å². The van der Waals surface area contributed by atoms with Gasteiger partial charge in [-0.15, -0.1) is 0 Å². The Morgan fingerprint density at radius 3 is 2.76 bits per heavy atom. The molecule has 21 heavy (non-hydrogen) atoms. The highest BCUT2D eigenvalue weighted by molar-refractivity contribution is 7.89. The molecule has 0 unspecified atom stereocenters. The molecule has 0 bridgehead atoms. The maximum Gasteiger partial charge on any atom is 0.244 e. The molecular formula is C13H19N3O4S. The van der Waals surface area contributed by atoms with E-state index in [1.165, 1.54) is 6.20 Å². The van der Waals surface area contributed by atoms with Crippen molar-refractivity contribution in [2.45, 2.75) is 38.3 Å². The van der Waals surface area contributed by atoms with Crippen LogP contribution >= 0.6 is 0 Å². The Balaban J connectivity index is 2.05. The number of furan rings is 1. The lowest BCUT2D eigenvalue weighted by Crippen LogP contribution is -2.23. The Kier molecular flexibility index (Phi) is 5.16. The molecule has 0 atom stereocenters. The van der Waals surface area contributed by atoms with Gasteiger partial charge < -0.3 is 14.3 Å². The summed E-state index contributed by atoms with van der Waals surface area (Å²) < 4.78 is 37.3. The first-order valence-electron chi connectivity index (χ1n) is 6.72. The molecule has 0 fully saturated rings. The number of hydrogen-bond acceptors (Lipinski definition) is 6. The largest absolute Gasteiger partial charge is 0.464 e. The molecule has 7 nitrogen and oxygen atoms in total. The molecule has 2 rings (SSSR count). The van der Waals surface area contributed by atoms with Gasteiger partial charge in [-0.3, -0.25) is 0 Å². The lowest BCUT2D eigenvalue weighted by atomic mass is 10.4. The zero-order valence-electron chi connectivity index (χ0n) is 12.0. The fourth-order valence-corrected chi connectivity index (χ4v) is 3.04. The van der Waals surface area contributed by atoms with E-state index in [2.05, 4.69) is 22.1 Å². The number of sulfonamides is 1. The van der Waals surface area contributed by atoms with Crippen LogP contribution in [0.15, 0.2) is 32.2 Å². The summed E-state index contributed by atoms with van der Waals surface area (Å²) in [6.45, 7) is 5.10. The minimum absolute atomic E-state index is 0.0520. The molecule has 0 aromatic carbocycles. The number of rotatable bonds is 8. The molecule has 2 heterocycles. The summed E-state index contributed by atoms with van der Waals surface area (Å²) in [5.74, 6) is 1.42. The fourth-order valence-electron chi connectivity index (χ4n) is 1.84.